The van der Waals surface area contributed by atoms with Crippen molar-refractivity contribution in [1.82, 2.24) is 0 Å². The van der Waals surface area contributed by atoms with E-state index in [-0.39, 0.29) is 10.1 Å². The van der Waals surface area contributed by atoms with Crippen LogP contribution in [0.3, 0.4) is 0 Å². The van der Waals surface area contributed by atoms with Crippen LogP contribution in [0.2, 0.25) is 0 Å². The molecule has 0 heterocycles. The topological polar surface area (TPSA) is 74.6 Å². The minimum atomic E-state index is -1.27. The smallest absolute Gasteiger partial charge is 0.331 e. The molecule has 0 radical (unpaired) electrons. The SMILES string of the molecule is C=C(CC(=O)O)C(=O)O.C=C(Cl)Cl.C=CC=C.C=Cc1ccccc1. The van der Waals surface area contributed by atoms with E-state index in [4.69, 9.17) is 33.4 Å². The standard InChI is InChI=1S/C8H8.C5H6O4.C4H6.C2H2Cl2/c1-2-8-6-4-3-5-7-8;1-3(5(8)9)2-4(6)7;1-3-4-2;1-2(3)4/h2-7H,1H2;1-2H2,(H,6,7)(H,8,9);3-4H,1-2H2;1H2. The third-order valence-electron chi connectivity index (χ3n) is 1.87. The molecule has 0 spiro atoms. The van der Waals surface area contributed by atoms with Gasteiger partial charge in [0, 0.05) is 5.57 Å². The Hall–Kier alpha value is -2.56. The van der Waals surface area contributed by atoms with E-state index in [1.807, 2.05) is 36.4 Å². The first-order valence-corrected chi connectivity index (χ1v) is 7.41. The van der Waals surface area contributed by atoms with Crippen molar-refractivity contribution in [3.05, 3.63) is 91.0 Å². The van der Waals surface area contributed by atoms with E-state index in [2.05, 4.69) is 32.9 Å². The quantitative estimate of drug-likeness (QED) is 0.502. The molecule has 0 unspecified atom stereocenters. The van der Waals surface area contributed by atoms with Crippen molar-refractivity contribution in [1.29, 1.82) is 0 Å². The Labute approximate surface area is 158 Å². The zero-order valence-corrected chi connectivity index (χ0v) is 15.3. The summed E-state index contributed by atoms with van der Waals surface area (Å²) in [7, 11) is 0. The van der Waals surface area contributed by atoms with E-state index >= 15 is 0 Å². The summed E-state index contributed by atoms with van der Waals surface area (Å²) in [6.07, 6.45) is 4.61. The zero-order chi connectivity index (χ0) is 20.3. The van der Waals surface area contributed by atoms with Crippen LogP contribution in [0.1, 0.15) is 12.0 Å². The lowest BCUT2D eigenvalue weighted by Gasteiger charge is -1.91. The van der Waals surface area contributed by atoms with Gasteiger partial charge in [-0.25, -0.2) is 4.79 Å². The van der Waals surface area contributed by atoms with Gasteiger partial charge in [0.15, 0.2) is 0 Å². The molecule has 1 aromatic carbocycles. The van der Waals surface area contributed by atoms with Crippen molar-refractivity contribution in [3.63, 3.8) is 0 Å². The van der Waals surface area contributed by atoms with E-state index in [9.17, 15) is 9.59 Å². The molecule has 0 saturated heterocycles. The molecular weight excluding hydrogens is 363 g/mol. The molecule has 0 aliphatic heterocycles. The summed E-state index contributed by atoms with van der Waals surface area (Å²) < 4.78 is 0.111. The van der Waals surface area contributed by atoms with Crippen LogP contribution in [-0.4, -0.2) is 22.2 Å². The summed E-state index contributed by atoms with van der Waals surface area (Å²) in [5, 5.41) is 16.1. The second-order valence-corrected chi connectivity index (χ2v) is 5.01. The highest BCUT2D eigenvalue weighted by Gasteiger charge is 2.07. The van der Waals surface area contributed by atoms with Crippen LogP contribution in [0.15, 0.2) is 85.4 Å². The Morgan fingerprint density at radius 1 is 0.960 bits per heavy atom. The van der Waals surface area contributed by atoms with Gasteiger partial charge in [-0.05, 0) is 5.56 Å². The van der Waals surface area contributed by atoms with Gasteiger partial charge in [-0.2, -0.15) is 0 Å². The minimum Gasteiger partial charge on any atom is -0.481 e. The Kier molecular flexibility index (Phi) is 21.3. The van der Waals surface area contributed by atoms with Crippen molar-refractivity contribution in [2.24, 2.45) is 0 Å². The summed E-state index contributed by atoms with van der Waals surface area (Å²) in [6, 6.07) is 10.0. The Morgan fingerprint density at radius 3 is 1.52 bits per heavy atom. The number of hydrogen-bond donors (Lipinski definition) is 2. The van der Waals surface area contributed by atoms with Crippen LogP contribution in [-0.2, 0) is 9.59 Å². The Morgan fingerprint density at radius 2 is 1.36 bits per heavy atom. The van der Waals surface area contributed by atoms with Gasteiger partial charge in [0.2, 0.25) is 0 Å². The van der Waals surface area contributed by atoms with E-state index in [0.29, 0.717) is 0 Å². The predicted octanol–water partition coefficient (Wildman–Crippen LogP) is 5.73. The molecule has 136 valence electrons. The first kappa shape index (κ1) is 27.3. The van der Waals surface area contributed by atoms with Crippen molar-refractivity contribution in [2.45, 2.75) is 6.42 Å². The molecule has 6 heteroatoms. The summed E-state index contributed by atoms with van der Waals surface area (Å²) in [5.74, 6) is -2.44. The van der Waals surface area contributed by atoms with Crippen LogP contribution < -0.4 is 0 Å². The fourth-order valence-corrected chi connectivity index (χ4v) is 0.847. The summed E-state index contributed by atoms with van der Waals surface area (Å²) >= 11 is 9.69. The number of allylic oxidation sites excluding steroid dienone is 2. The number of carboxylic acid groups (broad SMARTS) is 2. The molecule has 0 aromatic heterocycles. The van der Waals surface area contributed by atoms with Crippen LogP contribution in [0.25, 0.3) is 6.08 Å². The van der Waals surface area contributed by atoms with E-state index in [1.54, 1.807) is 12.2 Å². The van der Waals surface area contributed by atoms with Gasteiger partial charge in [-0.15, -0.1) is 0 Å². The first-order chi connectivity index (χ1) is 11.6. The fraction of sp³-hybridized carbons (Fsp3) is 0.0526. The number of benzene rings is 1. The lowest BCUT2D eigenvalue weighted by molar-refractivity contribution is -0.139. The molecule has 0 atom stereocenters. The van der Waals surface area contributed by atoms with Gasteiger partial charge in [0.1, 0.15) is 0 Å². The molecule has 0 fully saturated rings. The minimum absolute atomic E-state index is 0.111. The summed E-state index contributed by atoms with van der Waals surface area (Å²) in [5.41, 5.74) is 0.870. The second kappa shape index (κ2) is 19.5. The average molecular weight is 385 g/mol. The molecule has 0 aliphatic rings. The largest absolute Gasteiger partial charge is 0.481 e. The molecule has 1 rings (SSSR count). The van der Waals surface area contributed by atoms with E-state index in [0.717, 1.165) is 0 Å². The normalized spacial score (nSPS) is 7.60. The third-order valence-corrected chi connectivity index (χ3v) is 1.87. The van der Waals surface area contributed by atoms with Crippen molar-refractivity contribution >= 4 is 41.2 Å². The second-order valence-electron chi connectivity index (χ2n) is 3.90. The number of hydrogen-bond acceptors (Lipinski definition) is 2. The van der Waals surface area contributed by atoms with Gasteiger partial charge in [0.05, 0.1) is 10.9 Å². The fourth-order valence-electron chi connectivity index (χ4n) is 0.847. The zero-order valence-electron chi connectivity index (χ0n) is 13.8. The Balaban J connectivity index is -0.000000276. The van der Waals surface area contributed by atoms with E-state index < -0.39 is 18.4 Å². The van der Waals surface area contributed by atoms with Gasteiger partial charge in [0.25, 0.3) is 0 Å². The molecule has 2 N–H and O–H groups in total. The summed E-state index contributed by atoms with van der Waals surface area (Å²) in [6.45, 7) is 16.5. The number of halogens is 2. The van der Waals surface area contributed by atoms with Gasteiger partial charge < -0.3 is 10.2 Å². The number of aliphatic carboxylic acids is 2. The highest BCUT2D eigenvalue weighted by atomic mass is 35.5. The van der Waals surface area contributed by atoms with Crippen molar-refractivity contribution in [2.75, 3.05) is 0 Å². The molecule has 0 saturated carbocycles. The highest BCUT2D eigenvalue weighted by molar-refractivity contribution is 6.55. The third kappa shape index (κ3) is 30.0. The molecule has 1 aromatic rings. The molecule has 4 nitrogen and oxygen atoms in total. The monoisotopic (exact) mass is 384 g/mol. The number of carbonyl (C=O) groups is 2. The lowest BCUT2D eigenvalue weighted by atomic mass is 10.2. The van der Waals surface area contributed by atoms with Crippen LogP contribution in [0.4, 0.5) is 0 Å². The number of carboxylic acids is 2. The molecular formula is C19H22Cl2O4. The van der Waals surface area contributed by atoms with Crippen LogP contribution in [0.5, 0.6) is 0 Å². The van der Waals surface area contributed by atoms with Crippen LogP contribution in [0, 0.1) is 0 Å². The van der Waals surface area contributed by atoms with E-state index in [1.165, 1.54) is 5.56 Å². The average Bonchev–Trinajstić information content (AvgIpc) is 2.55. The summed E-state index contributed by atoms with van der Waals surface area (Å²) in [4.78, 5) is 19.7. The Bertz CT molecular complexity index is 568. The van der Waals surface area contributed by atoms with Crippen LogP contribution >= 0.6 is 23.2 Å². The number of rotatable bonds is 5. The molecule has 0 bridgehead atoms. The molecule has 25 heavy (non-hydrogen) atoms. The maximum Gasteiger partial charge on any atom is 0.331 e. The lowest BCUT2D eigenvalue weighted by Crippen LogP contribution is -2.04. The maximum absolute atomic E-state index is 9.87. The van der Waals surface area contributed by atoms with Crippen molar-refractivity contribution in [3.8, 4) is 0 Å². The van der Waals surface area contributed by atoms with Gasteiger partial charge in [-0.1, -0.05) is 105 Å². The maximum atomic E-state index is 9.87. The first-order valence-electron chi connectivity index (χ1n) is 6.66. The van der Waals surface area contributed by atoms with Gasteiger partial charge in [-0.3, -0.25) is 4.79 Å². The van der Waals surface area contributed by atoms with Crippen molar-refractivity contribution < 1.29 is 19.8 Å². The molecule has 0 aliphatic carbocycles. The molecule has 0 amide bonds. The highest BCUT2D eigenvalue weighted by Crippen LogP contribution is 1.98. The van der Waals surface area contributed by atoms with Gasteiger partial charge >= 0.3 is 11.9 Å². The predicted molar refractivity (Wildman–Crippen MR) is 107 cm³/mol.